The second-order valence-electron chi connectivity index (χ2n) is 14.4. The van der Waals surface area contributed by atoms with Gasteiger partial charge in [0, 0.05) is 30.4 Å². The molecule has 7 atom stereocenters. The summed E-state index contributed by atoms with van der Waals surface area (Å²) < 4.78 is -1.16. The van der Waals surface area contributed by atoms with Crippen LogP contribution in [-0.2, 0) is 14.4 Å². The van der Waals surface area contributed by atoms with Crippen LogP contribution in [0.2, 0.25) is 0 Å². The summed E-state index contributed by atoms with van der Waals surface area (Å²) in [6, 6.07) is -1.26. The second-order valence-corrected chi connectivity index (χ2v) is 16.3. The molecule has 0 saturated carbocycles. The minimum atomic E-state index is -0.760. The van der Waals surface area contributed by atoms with Crippen LogP contribution in [0, 0.1) is 23.2 Å². The first-order chi connectivity index (χ1) is 18.5. The molecular weight excluding hydrogens is 522 g/mol. The minimum Gasteiger partial charge on any atom is -0.394 e. The van der Waals surface area contributed by atoms with E-state index in [1.165, 1.54) is 0 Å². The van der Waals surface area contributed by atoms with Gasteiger partial charge in [-0.1, -0.05) is 53.2 Å². The van der Waals surface area contributed by atoms with Gasteiger partial charge in [-0.05, 0) is 51.4 Å². The van der Waals surface area contributed by atoms with E-state index in [-0.39, 0.29) is 35.7 Å². The SMILES string of the molecule is C=CCN(C)C(=O)[C@@H]1[C@H]2C(=O)N([C@@H](CO)[C@@H](C)CC)C(C(=O)N(CC=C)C(C)(C)CC(C)(C)C)C23CC[C@@]1(C)S3. The maximum atomic E-state index is 15.0. The Kier molecular flexibility index (Phi) is 9.38. The maximum absolute atomic E-state index is 15.0. The second kappa shape index (κ2) is 11.5. The Hall–Kier alpha value is -1.80. The first-order valence-electron chi connectivity index (χ1n) is 14.9. The summed E-state index contributed by atoms with van der Waals surface area (Å²) >= 11 is 1.68. The van der Waals surface area contributed by atoms with Gasteiger partial charge in [0.15, 0.2) is 0 Å². The van der Waals surface area contributed by atoms with E-state index in [1.54, 1.807) is 40.8 Å². The Bertz CT molecular complexity index is 1020. The van der Waals surface area contributed by atoms with E-state index in [9.17, 15) is 19.5 Å². The molecule has 0 aromatic carbocycles. The van der Waals surface area contributed by atoms with E-state index in [1.807, 2.05) is 18.7 Å². The van der Waals surface area contributed by atoms with Gasteiger partial charge in [0.2, 0.25) is 17.7 Å². The molecule has 2 bridgehead atoms. The van der Waals surface area contributed by atoms with Crippen LogP contribution in [0.4, 0.5) is 0 Å². The molecular formula is C32H53N3O4S. The van der Waals surface area contributed by atoms with Crippen molar-refractivity contribution in [1.82, 2.24) is 14.7 Å². The Morgan fingerprint density at radius 1 is 1.15 bits per heavy atom. The maximum Gasteiger partial charge on any atom is 0.247 e. The van der Waals surface area contributed by atoms with Gasteiger partial charge in [-0.3, -0.25) is 14.4 Å². The van der Waals surface area contributed by atoms with Crippen LogP contribution in [0.5, 0.6) is 0 Å². The molecule has 3 amide bonds. The highest BCUT2D eigenvalue weighted by Crippen LogP contribution is 2.72. The molecule has 0 radical (unpaired) electrons. The fourth-order valence-corrected chi connectivity index (χ4v) is 10.3. The zero-order valence-electron chi connectivity index (χ0n) is 26.3. The number of aliphatic hydroxyl groups excluding tert-OH is 1. The summed E-state index contributed by atoms with van der Waals surface area (Å²) in [4.78, 5) is 48.8. The number of likely N-dealkylation sites (N-methyl/N-ethyl adjacent to an activating group) is 1. The molecule has 8 heteroatoms. The van der Waals surface area contributed by atoms with Gasteiger partial charge in [-0.2, -0.15) is 0 Å². The van der Waals surface area contributed by atoms with Crippen molar-refractivity contribution in [2.45, 2.75) is 108 Å². The number of aliphatic hydroxyl groups is 1. The van der Waals surface area contributed by atoms with Crippen LogP contribution in [0.15, 0.2) is 25.3 Å². The van der Waals surface area contributed by atoms with Gasteiger partial charge in [-0.25, -0.2) is 0 Å². The average Bonchev–Trinajstić information content (AvgIpc) is 3.41. The molecule has 1 spiro atoms. The van der Waals surface area contributed by atoms with E-state index >= 15 is 0 Å². The summed E-state index contributed by atoms with van der Waals surface area (Å²) in [5.74, 6) is -1.48. The molecule has 1 N–H and O–H groups in total. The molecule has 3 rings (SSSR count). The lowest BCUT2D eigenvalue weighted by molar-refractivity contribution is -0.150. The van der Waals surface area contributed by atoms with E-state index in [0.717, 1.165) is 19.3 Å². The standard InChI is InChI=1S/C32H53N3O4S/c1-12-17-33(11)26(37)23-24-27(38)35(22(19-36)21(4)14-3)25(32(24)16-15-31(23,10)40-32)28(39)34(18-13-2)30(8,9)20-29(5,6)7/h12-13,21-25,36H,1-2,14-20H2,3-11H3/t21-,22-,23-,24-,25?,31+,32?/m0/s1. The predicted molar refractivity (Wildman–Crippen MR) is 164 cm³/mol. The highest BCUT2D eigenvalue weighted by Gasteiger charge is 2.78. The van der Waals surface area contributed by atoms with E-state index in [2.05, 4.69) is 54.7 Å². The largest absolute Gasteiger partial charge is 0.394 e. The number of hydrogen-bond acceptors (Lipinski definition) is 5. The molecule has 0 aromatic rings. The highest BCUT2D eigenvalue weighted by atomic mass is 32.2. The number of likely N-dealkylation sites (tertiary alicyclic amines) is 1. The van der Waals surface area contributed by atoms with Gasteiger partial charge in [0.25, 0.3) is 0 Å². The van der Waals surface area contributed by atoms with Crippen LogP contribution >= 0.6 is 11.8 Å². The van der Waals surface area contributed by atoms with Crippen molar-refractivity contribution in [3.8, 4) is 0 Å². The normalized spacial score (nSPS) is 31.1. The molecule has 40 heavy (non-hydrogen) atoms. The zero-order chi connectivity index (χ0) is 30.4. The summed E-state index contributed by atoms with van der Waals surface area (Å²) in [7, 11) is 1.76. The van der Waals surface area contributed by atoms with Crippen LogP contribution < -0.4 is 0 Å². The molecule has 3 heterocycles. The lowest BCUT2D eigenvalue weighted by Gasteiger charge is -2.47. The molecule has 3 aliphatic rings. The Balaban J connectivity index is 2.21. The minimum absolute atomic E-state index is 0.00899. The van der Waals surface area contributed by atoms with Crippen LogP contribution in [-0.4, -0.2) is 91.4 Å². The molecule has 7 nitrogen and oxygen atoms in total. The van der Waals surface area contributed by atoms with Gasteiger partial charge < -0.3 is 19.8 Å². The average molecular weight is 576 g/mol. The lowest BCUT2D eigenvalue weighted by atomic mass is 9.66. The molecule has 2 unspecified atom stereocenters. The molecule has 3 aliphatic heterocycles. The number of hydrogen-bond donors (Lipinski definition) is 1. The monoisotopic (exact) mass is 575 g/mol. The van der Waals surface area contributed by atoms with Crippen molar-refractivity contribution in [2.75, 3.05) is 26.7 Å². The summed E-state index contributed by atoms with van der Waals surface area (Å²) in [5.41, 5.74) is -0.524. The van der Waals surface area contributed by atoms with Gasteiger partial charge in [0.1, 0.15) is 6.04 Å². The van der Waals surface area contributed by atoms with E-state index in [4.69, 9.17) is 0 Å². The first-order valence-corrected chi connectivity index (χ1v) is 15.7. The van der Waals surface area contributed by atoms with Gasteiger partial charge in [-0.15, -0.1) is 24.9 Å². The molecule has 3 saturated heterocycles. The van der Waals surface area contributed by atoms with Crippen molar-refractivity contribution in [3.63, 3.8) is 0 Å². The van der Waals surface area contributed by atoms with Crippen molar-refractivity contribution in [2.24, 2.45) is 23.2 Å². The number of thioether (sulfide) groups is 1. The molecule has 0 aliphatic carbocycles. The van der Waals surface area contributed by atoms with Crippen molar-refractivity contribution in [3.05, 3.63) is 25.3 Å². The van der Waals surface area contributed by atoms with Crippen molar-refractivity contribution >= 4 is 29.5 Å². The number of rotatable bonds is 12. The summed E-state index contributed by atoms with van der Waals surface area (Å²) in [6.45, 7) is 25.1. The number of carbonyl (C=O) groups is 3. The van der Waals surface area contributed by atoms with Crippen molar-refractivity contribution < 1.29 is 19.5 Å². The highest BCUT2D eigenvalue weighted by molar-refractivity contribution is 8.02. The van der Waals surface area contributed by atoms with E-state index in [0.29, 0.717) is 19.5 Å². The summed E-state index contributed by atoms with van der Waals surface area (Å²) in [6.07, 6.45) is 6.43. The quantitative estimate of drug-likeness (QED) is 0.340. The summed E-state index contributed by atoms with van der Waals surface area (Å²) in [5, 5.41) is 10.6. The fraction of sp³-hybridized carbons (Fsp3) is 0.781. The van der Waals surface area contributed by atoms with Gasteiger partial charge >= 0.3 is 0 Å². The molecule has 0 aromatic heterocycles. The smallest absolute Gasteiger partial charge is 0.247 e. The zero-order valence-corrected chi connectivity index (χ0v) is 27.1. The Morgan fingerprint density at radius 3 is 2.25 bits per heavy atom. The molecule has 226 valence electrons. The number of carbonyl (C=O) groups excluding carboxylic acids is 3. The number of fused-ring (bicyclic) bond motifs is 1. The predicted octanol–water partition coefficient (Wildman–Crippen LogP) is 4.75. The third-order valence-electron chi connectivity index (χ3n) is 9.61. The third-order valence-corrected chi connectivity index (χ3v) is 11.6. The van der Waals surface area contributed by atoms with Gasteiger partial charge in [0.05, 0.1) is 29.2 Å². The lowest BCUT2D eigenvalue weighted by Crippen LogP contribution is -2.62. The number of nitrogens with zero attached hydrogens (tertiary/aromatic N) is 3. The van der Waals surface area contributed by atoms with Crippen molar-refractivity contribution in [1.29, 1.82) is 0 Å². The Morgan fingerprint density at radius 2 is 1.75 bits per heavy atom. The first kappa shape index (κ1) is 32.7. The fourth-order valence-electron chi connectivity index (χ4n) is 8.02. The number of amides is 3. The van der Waals surface area contributed by atoms with Crippen LogP contribution in [0.3, 0.4) is 0 Å². The molecule has 3 fully saturated rings. The topological polar surface area (TPSA) is 81.2 Å². The Labute approximate surface area is 246 Å². The van der Waals surface area contributed by atoms with Crippen LogP contribution in [0.1, 0.15) is 81.1 Å². The third kappa shape index (κ3) is 5.39. The van der Waals surface area contributed by atoms with Crippen LogP contribution in [0.25, 0.3) is 0 Å². The van der Waals surface area contributed by atoms with E-state index < -0.39 is 39.0 Å².